The Balaban J connectivity index is 0.00000192. The lowest BCUT2D eigenvalue weighted by molar-refractivity contribution is 0.0518. The number of anilines is 1. The van der Waals surface area contributed by atoms with Gasteiger partial charge >= 0.3 is 0 Å². The quantitative estimate of drug-likeness (QED) is 0.850. The van der Waals surface area contributed by atoms with Crippen LogP contribution in [0.4, 0.5) is 5.69 Å². The Morgan fingerprint density at radius 1 is 0.913 bits per heavy atom. The number of benzene rings is 1. The van der Waals surface area contributed by atoms with Gasteiger partial charge in [-0.2, -0.15) is 0 Å². The van der Waals surface area contributed by atoms with Crippen LogP contribution in [0.1, 0.15) is 20.9 Å². The average molecular weight is 336 g/mol. The van der Waals surface area contributed by atoms with Crippen molar-refractivity contribution in [2.24, 2.45) is 0 Å². The van der Waals surface area contributed by atoms with Crippen LogP contribution in [0.2, 0.25) is 0 Å². The number of carbonyl (C=O) groups is 2. The Labute approximate surface area is 140 Å². The first-order chi connectivity index (χ1) is 10.7. The molecule has 1 saturated heterocycles. The van der Waals surface area contributed by atoms with Crippen molar-refractivity contribution >= 4 is 29.9 Å². The number of hydrogen-bond donors (Lipinski definition) is 1. The third-order valence-electron chi connectivity index (χ3n) is 3.78. The number of rotatable bonds is 2. The molecule has 1 fully saturated rings. The number of para-hydroxylation sites is 1. The minimum absolute atomic E-state index is 0. The standard InChI is InChI=1S/C16H17N3O3.ClH/c17-13-5-2-1-4-12(13)15(20)18-7-9-19(10-8-18)16(21)14-6-3-11-22-14;/h1-6,11H,7-10,17H2;1H. The third kappa shape index (κ3) is 3.48. The molecule has 2 amide bonds. The highest BCUT2D eigenvalue weighted by Crippen LogP contribution is 2.16. The van der Waals surface area contributed by atoms with E-state index in [9.17, 15) is 9.59 Å². The molecule has 0 radical (unpaired) electrons. The minimum atomic E-state index is -0.142. The molecule has 0 saturated carbocycles. The van der Waals surface area contributed by atoms with Crippen molar-refractivity contribution in [3.63, 3.8) is 0 Å². The molecule has 7 heteroatoms. The van der Waals surface area contributed by atoms with Crippen molar-refractivity contribution in [3.8, 4) is 0 Å². The number of amides is 2. The van der Waals surface area contributed by atoms with Gasteiger partial charge in [0.1, 0.15) is 0 Å². The largest absolute Gasteiger partial charge is 0.459 e. The lowest BCUT2D eigenvalue weighted by Gasteiger charge is -2.34. The fraction of sp³-hybridized carbons (Fsp3) is 0.250. The predicted octanol–water partition coefficient (Wildman–Crippen LogP) is 1.88. The number of furan rings is 1. The Morgan fingerprint density at radius 2 is 1.52 bits per heavy atom. The number of hydrogen-bond acceptors (Lipinski definition) is 4. The fourth-order valence-electron chi connectivity index (χ4n) is 2.53. The van der Waals surface area contributed by atoms with Crippen molar-refractivity contribution in [1.82, 2.24) is 9.80 Å². The average Bonchev–Trinajstić information content (AvgIpc) is 3.09. The van der Waals surface area contributed by atoms with Gasteiger partial charge in [0.25, 0.3) is 11.8 Å². The van der Waals surface area contributed by atoms with E-state index < -0.39 is 0 Å². The van der Waals surface area contributed by atoms with Crippen LogP contribution >= 0.6 is 12.4 Å². The smallest absolute Gasteiger partial charge is 0.289 e. The van der Waals surface area contributed by atoms with Gasteiger partial charge in [0.2, 0.25) is 0 Å². The zero-order chi connectivity index (χ0) is 15.5. The van der Waals surface area contributed by atoms with Crippen LogP contribution in [-0.4, -0.2) is 47.8 Å². The number of halogens is 1. The van der Waals surface area contributed by atoms with Gasteiger partial charge in [-0.05, 0) is 24.3 Å². The number of nitrogens with two attached hydrogens (primary N) is 1. The van der Waals surface area contributed by atoms with Gasteiger partial charge in [0.15, 0.2) is 5.76 Å². The van der Waals surface area contributed by atoms with Crippen LogP contribution < -0.4 is 5.73 Å². The van der Waals surface area contributed by atoms with E-state index in [1.807, 2.05) is 0 Å². The van der Waals surface area contributed by atoms with Gasteiger partial charge in [0.05, 0.1) is 11.8 Å². The lowest BCUT2D eigenvalue weighted by atomic mass is 10.1. The molecule has 0 atom stereocenters. The van der Waals surface area contributed by atoms with Gasteiger partial charge in [-0.1, -0.05) is 12.1 Å². The zero-order valence-electron chi connectivity index (χ0n) is 12.5. The SMILES string of the molecule is Cl.Nc1ccccc1C(=O)N1CCN(C(=O)c2ccco2)CC1. The molecule has 2 N–H and O–H groups in total. The summed E-state index contributed by atoms with van der Waals surface area (Å²) in [5.74, 6) is 0.0894. The summed E-state index contributed by atoms with van der Waals surface area (Å²) in [6, 6.07) is 10.4. The van der Waals surface area contributed by atoms with E-state index in [4.69, 9.17) is 10.2 Å². The van der Waals surface area contributed by atoms with Gasteiger partial charge < -0.3 is 20.0 Å². The first-order valence-corrected chi connectivity index (χ1v) is 7.13. The van der Waals surface area contributed by atoms with Gasteiger partial charge in [-0.25, -0.2) is 0 Å². The number of carbonyl (C=O) groups excluding carboxylic acids is 2. The van der Waals surface area contributed by atoms with E-state index in [2.05, 4.69) is 0 Å². The second-order valence-electron chi connectivity index (χ2n) is 5.15. The van der Waals surface area contributed by atoms with Crippen LogP contribution in [0.3, 0.4) is 0 Å². The minimum Gasteiger partial charge on any atom is -0.459 e. The maximum atomic E-state index is 12.4. The molecular weight excluding hydrogens is 318 g/mol. The summed E-state index contributed by atoms with van der Waals surface area (Å²) in [5.41, 5.74) is 6.82. The van der Waals surface area contributed by atoms with Crippen LogP contribution in [0.5, 0.6) is 0 Å². The summed E-state index contributed by atoms with van der Waals surface area (Å²) in [6.45, 7) is 1.94. The maximum Gasteiger partial charge on any atom is 0.289 e. The normalized spacial score (nSPS) is 14.3. The molecule has 122 valence electrons. The fourth-order valence-corrected chi connectivity index (χ4v) is 2.53. The predicted molar refractivity (Wildman–Crippen MR) is 88.6 cm³/mol. The van der Waals surface area contributed by atoms with Crippen molar-refractivity contribution in [2.45, 2.75) is 0 Å². The Kier molecular flexibility index (Phi) is 5.28. The molecule has 0 spiro atoms. The molecule has 0 bridgehead atoms. The molecule has 0 unspecified atom stereocenters. The Hall–Kier alpha value is -2.47. The number of nitrogens with zero attached hydrogens (tertiary/aromatic N) is 2. The molecule has 1 aromatic heterocycles. The van der Waals surface area contributed by atoms with Crippen molar-refractivity contribution in [1.29, 1.82) is 0 Å². The first-order valence-electron chi connectivity index (χ1n) is 7.13. The van der Waals surface area contributed by atoms with E-state index in [1.165, 1.54) is 6.26 Å². The summed E-state index contributed by atoms with van der Waals surface area (Å²) in [4.78, 5) is 28.0. The van der Waals surface area contributed by atoms with Crippen LogP contribution in [-0.2, 0) is 0 Å². The van der Waals surface area contributed by atoms with Crippen LogP contribution in [0, 0.1) is 0 Å². The highest BCUT2D eigenvalue weighted by Gasteiger charge is 2.27. The molecule has 1 aromatic carbocycles. The Morgan fingerprint density at radius 3 is 2.09 bits per heavy atom. The maximum absolute atomic E-state index is 12.4. The summed E-state index contributed by atoms with van der Waals surface area (Å²) in [5, 5.41) is 0. The van der Waals surface area contributed by atoms with Gasteiger partial charge in [-0.3, -0.25) is 9.59 Å². The monoisotopic (exact) mass is 335 g/mol. The highest BCUT2D eigenvalue weighted by molar-refractivity contribution is 5.99. The van der Waals surface area contributed by atoms with Crippen LogP contribution in [0.25, 0.3) is 0 Å². The lowest BCUT2D eigenvalue weighted by Crippen LogP contribution is -2.50. The van der Waals surface area contributed by atoms with E-state index >= 15 is 0 Å². The summed E-state index contributed by atoms with van der Waals surface area (Å²) in [7, 11) is 0. The third-order valence-corrected chi connectivity index (χ3v) is 3.78. The van der Waals surface area contributed by atoms with E-state index in [1.54, 1.807) is 46.2 Å². The first kappa shape index (κ1) is 16.9. The zero-order valence-corrected chi connectivity index (χ0v) is 13.3. The Bertz CT molecular complexity index is 680. The molecule has 1 aliphatic heterocycles. The van der Waals surface area contributed by atoms with Crippen molar-refractivity contribution in [3.05, 3.63) is 54.0 Å². The van der Waals surface area contributed by atoms with Crippen molar-refractivity contribution < 1.29 is 14.0 Å². The summed E-state index contributed by atoms with van der Waals surface area (Å²) >= 11 is 0. The molecule has 0 aliphatic carbocycles. The topological polar surface area (TPSA) is 79.8 Å². The molecule has 1 aliphatic rings. The number of nitrogen functional groups attached to an aromatic ring is 1. The van der Waals surface area contributed by atoms with E-state index in [0.717, 1.165) is 0 Å². The molecular formula is C16H18ClN3O3. The van der Waals surface area contributed by atoms with E-state index in [0.29, 0.717) is 43.2 Å². The molecule has 6 nitrogen and oxygen atoms in total. The molecule has 2 heterocycles. The van der Waals surface area contributed by atoms with Crippen LogP contribution in [0.15, 0.2) is 47.1 Å². The van der Waals surface area contributed by atoms with Gasteiger partial charge in [0, 0.05) is 31.9 Å². The highest BCUT2D eigenvalue weighted by atomic mass is 35.5. The van der Waals surface area contributed by atoms with Gasteiger partial charge in [-0.15, -0.1) is 12.4 Å². The molecule has 2 aromatic rings. The summed E-state index contributed by atoms with van der Waals surface area (Å²) < 4.78 is 5.12. The molecule has 23 heavy (non-hydrogen) atoms. The second-order valence-corrected chi connectivity index (χ2v) is 5.15. The summed E-state index contributed by atoms with van der Waals surface area (Å²) in [6.07, 6.45) is 1.48. The van der Waals surface area contributed by atoms with Crippen molar-refractivity contribution in [2.75, 3.05) is 31.9 Å². The second kappa shape index (κ2) is 7.19. The molecule has 3 rings (SSSR count). The number of piperazine rings is 1. The van der Waals surface area contributed by atoms with E-state index in [-0.39, 0.29) is 24.2 Å².